The highest BCUT2D eigenvalue weighted by Crippen LogP contribution is 2.32. The SMILES string of the molecule is COc1ccc(-c2cc(C(=O)N3CCN(CCN(C)C)CC3)c(-c3ccc([N+](=O)[O-])cc3)[nH]2)cc1. The molecular formula is C26H31N5O4. The van der Waals surface area contributed by atoms with Crippen LogP contribution in [0.5, 0.6) is 5.75 Å². The Balaban J connectivity index is 1.62. The lowest BCUT2D eigenvalue weighted by Gasteiger charge is -2.35. The van der Waals surface area contributed by atoms with E-state index >= 15 is 0 Å². The van der Waals surface area contributed by atoms with Crippen LogP contribution in [0, 0.1) is 10.1 Å². The Labute approximate surface area is 205 Å². The second-order valence-electron chi connectivity index (χ2n) is 8.94. The van der Waals surface area contributed by atoms with Crippen LogP contribution in [-0.4, -0.2) is 91.0 Å². The van der Waals surface area contributed by atoms with Gasteiger partial charge in [-0.2, -0.15) is 0 Å². The molecule has 0 bridgehead atoms. The topological polar surface area (TPSA) is 94.9 Å². The predicted molar refractivity (Wildman–Crippen MR) is 136 cm³/mol. The fourth-order valence-corrected chi connectivity index (χ4v) is 4.21. The van der Waals surface area contributed by atoms with Gasteiger partial charge in [-0.25, -0.2) is 0 Å². The fraction of sp³-hybridized carbons (Fsp3) is 0.346. The summed E-state index contributed by atoms with van der Waals surface area (Å²) in [6.07, 6.45) is 0. The molecule has 1 amide bonds. The fourth-order valence-electron chi connectivity index (χ4n) is 4.21. The van der Waals surface area contributed by atoms with Gasteiger partial charge in [0.2, 0.25) is 0 Å². The molecule has 0 unspecified atom stereocenters. The Morgan fingerprint density at radius 3 is 2.23 bits per heavy atom. The summed E-state index contributed by atoms with van der Waals surface area (Å²) in [5.41, 5.74) is 3.67. The van der Waals surface area contributed by atoms with E-state index in [0.29, 0.717) is 24.3 Å². The van der Waals surface area contributed by atoms with Crippen molar-refractivity contribution in [2.45, 2.75) is 0 Å². The molecule has 184 valence electrons. The Morgan fingerprint density at radius 1 is 1.03 bits per heavy atom. The number of aromatic amines is 1. The standard InChI is InChI=1S/C26H31N5O4/c1-28(2)12-13-29-14-16-30(17-15-29)26(32)23-18-24(19-6-10-22(35-3)11-7-19)27-25(23)20-4-8-21(9-5-20)31(33)34/h4-11,18,27H,12-17H2,1-3H3. The molecule has 1 N–H and O–H groups in total. The number of methoxy groups -OCH3 is 1. The summed E-state index contributed by atoms with van der Waals surface area (Å²) in [6.45, 7) is 4.96. The normalized spacial score (nSPS) is 14.3. The van der Waals surface area contributed by atoms with Crippen molar-refractivity contribution in [1.82, 2.24) is 19.7 Å². The summed E-state index contributed by atoms with van der Waals surface area (Å²) in [4.78, 5) is 34.1. The van der Waals surface area contributed by atoms with Gasteiger partial charge < -0.3 is 19.5 Å². The second-order valence-corrected chi connectivity index (χ2v) is 8.94. The lowest BCUT2D eigenvalue weighted by molar-refractivity contribution is -0.384. The number of nitrogens with one attached hydrogen (secondary N) is 1. The molecule has 2 aromatic carbocycles. The monoisotopic (exact) mass is 477 g/mol. The van der Waals surface area contributed by atoms with Crippen LogP contribution in [0.4, 0.5) is 5.69 Å². The molecular weight excluding hydrogens is 446 g/mol. The Bertz CT molecular complexity index is 1160. The van der Waals surface area contributed by atoms with Crippen molar-refractivity contribution in [2.75, 3.05) is 60.5 Å². The molecule has 1 aromatic heterocycles. The number of carbonyl (C=O) groups is 1. The Morgan fingerprint density at radius 2 is 1.66 bits per heavy atom. The van der Waals surface area contributed by atoms with Gasteiger partial charge in [0.15, 0.2) is 0 Å². The number of nitro benzene ring substituents is 1. The third kappa shape index (κ3) is 5.70. The summed E-state index contributed by atoms with van der Waals surface area (Å²) in [5, 5.41) is 11.1. The number of hydrogen-bond acceptors (Lipinski definition) is 6. The number of carbonyl (C=O) groups excluding carboxylic acids is 1. The largest absolute Gasteiger partial charge is 0.497 e. The van der Waals surface area contributed by atoms with Crippen molar-refractivity contribution in [1.29, 1.82) is 0 Å². The summed E-state index contributed by atoms with van der Waals surface area (Å²) in [5.74, 6) is 0.709. The van der Waals surface area contributed by atoms with E-state index in [4.69, 9.17) is 4.74 Å². The van der Waals surface area contributed by atoms with Gasteiger partial charge in [0.1, 0.15) is 5.75 Å². The van der Waals surface area contributed by atoms with Gasteiger partial charge in [0.25, 0.3) is 11.6 Å². The number of benzene rings is 2. The number of H-pyrrole nitrogens is 1. The first-order valence-corrected chi connectivity index (χ1v) is 11.6. The Hall–Kier alpha value is -3.69. The van der Waals surface area contributed by atoms with Gasteiger partial charge in [-0.1, -0.05) is 0 Å². The molecule has 2 heterocycles. The molecule has 4 rings (SSSR count). The van der Waals surface area contributed by atoms with E-state index in [1.54, 1.807) is 19.2 Å². The smallest absolute Gasteiger partial charge is 0.269 e. The highest BCUT2D eigenvalue weighted by Gasteiger charge is 2.26. The van der Waals surface area contributed by atoms with Crippen molar-refractivity contribution in [3.63, 3.8) is 0 Å². The van der Waals surface area contributed by atoms with E-state index in [1.165, 1.54) is 12.1 Å². The lowest BCUT2D eigenvalue weighted by atomic mass is 10.1. The number of piperazine rings is 1. The quantitative estimate of drug-likeness (QED) is 0.394. The van der Waals surface area contributed by atoms with Crippen LogP contribution in [0.3, 0.4) is 0 Å². The van der Waals surface area contributed by atoms with E-state index in [2.05, 4.69) is 28.9 Å². The molecule has 0 aliphatic carbocycles. The summed E-state index contributed by atoms with van der Waals surface area (Å²) >= 11 is 0. The van der Waals surface area contributed by atoms with E-state index in [-0.39, 0.29) is 11.6 Å². The van der Waals surface area contributed by atoms with E-state index in [1.807, 2.05) is 35.2 Å². The molecule has 0 saturated carbocycles. The maximum atomic E-state index is 13.6. The molecule has 3 aromatic rings. The highest BCUT2D eigenvalue weighted by atomic mass is 16.6. The number of likely N-dealkylation sites (N-methyl/N-ethyl adjacent to an activating group) is 1. The zero-order valence-electron chi connectivity index (χ0n) is 20.4. The van der Waals surface area contributed by atoms with Crippen LogP contribution in [0.15, 0.2) is 54.6 Å². The van der Waals surface area contributed by atoms with Gasteiger partial charge in [-0.3, -0.25) is 19.8 Å². The zero-order chi connectivity index (χ0) is 24.9. The third-order valence-corrected chi connectivity index (χ3v) is 6.34. The number of nitrogens with zero attached hydrogens (tertiary/aromatic N) is 4. The van der Waals surface area contributed by atoms with E-state index < -0.39 is 4.92 Å². The molecule has 0 radical (unpaired) electrons. The van der Waals surface area contributed by atoms with Crippen LogP contribution < -0.4 is 4.74 Å². The average Bonchev–Trinajstić information content (AvgIpc) is 3.33. The minimum atomic E-state index is -0.427. The molecule has 1 saturated heterocycles. The summed E-state index contributed by atoms with van der Waals surface area (Å²) < 4.78 is 5.26. The van der Waals surface area contributed by atoms with Crippen molar-refractivity contribution >= 4 is 11.6 Å². The maximum Gasteiger partial charge on any atom is 0.269 e. The molecule has 9 heteroatoms. The highest BCUT2D eigenvalue weighted by molar-refractivity contribution is 6.02. The minimum Gasteiger partial charge on any atom is -0.497 e. The van der Waals surface area contributed by atoms with Crippen LogP contribution in [0.25, 0.3) is 22.5 Å². The first-order valence-electron chi connectivity index (χ1n) is 11.6. The first-order chi connectivity index (χ1) is 16.9. The van der Waals surface area contributed by atoms with E-state index in [9.17, 15) is 14.9 Å². The van der Waals surface area contributed by atoms with Crippen LogP contribution in [-0.2, 0) is 0 Å². The number of amides is 1. The van der Waals surface area contributed by atoms with Gasteiger partial charge >= 0.3 is 0 Å². The summed E-state index contributed by atoms with van der Waals surface area (Å²) in [7, 11) is 5.74. The zero-order valence-corrected chi connectivity index (χ0v) is 20.4. The van der Waals surface area contributed by atoms with Crippen molar-refractivity contribution < 1.29 is 14.5 Å². The Kier molecular flexibility index (Phi) is 7.48. The van der Waals surface area contributed by atoms with Gasteiger partial charge in [0, 0.05) is 57.1 Å². The number of ether oxygens (including phenoxy) is 1. The molecule has 0 atom stereocenters. The number of aromatic nitrogens is 1. The van der Waals surface area contributed by atoms with Crippen molar-refractivity contribution in [2.24, 2.45) is 0 Å². The first kappa shape index (κ1) is 24.4. The average molecular weight is 478 g/mol. The van der Waals surface area contributed by atoms with Crippen molar-refractivity contribution in [3.05, 3.63) is 70.3 Å². The van der Waals surface area contributed by atoms with Crippen LogP contribution in [0.2, 0.25) is 0 Å². The summed E-state index contributed by atoms with van der Waals surface area (Å²) in [6, 6.07) is 15.8. The van der Waals surface area contributed by atoms with Crippen LogP contribution in [0.1, 0.15) is 10.4 Å². The third-order valence-electron chi connectivity index (χ3n) is 6.34. The molecule has 9 nitrogen and oxygen atoms in total. The van der Waals surface area contributed by atoms with Crippen molar-refractivity contribution in [3.8, 4) is 28.3 Å². The van der Waals surface area contributed by atoms with Crippen LogP contribution >= 0.6 is 0 Å². The maximum absolute atomic E-state index is 13.6. The minimum absolute atomic E-state index is 0.0115. The number of nitro groups is 1. The van der Waals surface area contributed by atoms with E-state index in [0.717, 1.165) is 48.7 Å². The molecule has 1 aliphatic heterocycles. The number of rotatable bonds is 8. The molecule has 0 spiro atoms. The molecule has 35 heavy (non-hydrogen) atoms. The lowest BCUT2D eigenvalue weighted by Crippen LogP contribution is -2.50. The predicted octanol–water partition coefficient (Wildman–Crippen LogP) is 3.58. The van der Waals surface area contributed by atoms with Gasteiger partial charge in [-0.05, 0) is 67.7 Å². The van der Waals surface area contributed by atoms with Gasteiger partial charge in [-0.15, -0.1) is 0 Å². The molecule has 1 aliphatic rings. The number of non-ortho nitro benzene ring substituents is 1. The van der Waals surface area contributed by atoms with Gasteiger partial charge in [0.05, 0.1) is 23.3 Å². The number of hydrogen-bond donors (Lipinski definition) is 1. The second kappa shape index (κ2) is 10.7. The molecule has 1 fully saturated rings.